The van der Waals surface area contributed by atoms with Crippen LogP contribution in [-0.4, -0.2) is 31.8 Å². The van der Waals surface area contributed by atoms with Crippen molar-refractivity contribution in [1.29, 1.82) is 0 Å². The van der Waals surface area contributed by atoms with Crippen LogP contribution in [0.1, 0.15) is 15.9 Å². The number of nitrogens with zero attached hydrogens (tertiary/aromatic N) is 4. The molecule has 0 aliphatic rings. The third kappa shape index (κ3) is 4.39. The molecule has 0 spiro atoms. The van der Waals surface area contributed by atoms with E-state index in [1.165, 1.54) is 17.1 Å². The van der Waals surface area contributed by atoms with Crippen molar-refractivity contribution in [2.75, 3.05) is 6.54 Å². The van der Waals surface area contributed by atoms with Crippen LogP contribution in [0.25, 0.3) is 11.0 Å². The largest absolute Gasteiger partial charge is 0.350 e. The number of fused-ring (bicyclic) bond motifs is 1. The maximum atomic E-state index is 12.8. The fourth-order valence-electron chi connectivity index (χ4n) is 3.08. The molecule has 0 saturated heterocycles. The highest BCUT2D eigenvalue weighted by Crippen LogP contribution is 2.12. The molecule has 0 atom stereocenters. The first kappa shape index (κ1) is 20.5. The van der Waals surface area contributed by atoms with E-state index in [0.29, 0.717) is 41.3 Å². The van der Waals surface area contributed by atoms with E-state index < -0.39 is 0 Å². The number of hydrogen-bond donors (Lipinski definition) is 1. The molecule has 0 bridgehead atoms. The second kappa shape index (κ2) is 8.97. The average molecular weight is 534 g/mol. The van der Waals surface area contributed by atoms with Crippen LogP contribution in [0.3, 0.4) is 0 Å². The van der Waals surface area contributed by atoms with E-state index in [-0.39, 0.29) is 11.5 Å². The highest BCUT2D eigenvalue weighted by molar-refractivity contribution is 14.1. The molecule has 0 fully saturated rings. The van der Waals surface area contributed by atoms with Gasteiger partial charge in [0.05, 0.1) is 24.8 Å². The van der Waals surface area contributed by atoms with Crippen LogP contribution < -0.4 is 10.9 Å². The minimum atomic E-state index is -0.163. The van der Waals surface area contributed by atoms with Crippen LogP contribution in [0.15, 0.2) is 65.8 Å². The Morgan fingerprint density at radius 2 is 1.90 bits per heavy atom. The van der Waals surface area contributed by atoms with Gasteiger partial charge >= 0.3 is 0 Å². The molecule has 0 aliphatic carbocycles. The Balaban J connectivity index is 1.46. The minimum Gasteiger partial charge on any atom is -0.350 e. The minimum absolute atomic E-state index is 0.144. The summed E-state index contributed by atoms with van der Waals surface area (Å²) in [5, 5.41) is 8.24. The number of hydrogen-bond acceptors (Lipinski definition) is 4. The molecule has 4 rings (SSSR count). The number of carbonyl (C=O) groups is 1. The van der Waals surface area contributed by atoms with E-state index in [2.05, 4.69) is 38.0 Å². The van der Waals surface area contributed by atoms with Gasteiger partial charge in [0.1, 0.15) is 11.7 Å². The lowest BCUT2D eigenvalue weighted by molar-refractivity contribution is 0.0951. The molecule has 0 radical (unpaired) electrons. The van der Waals surface area contributed by atoms with Crippen molar-refractivity contribution in [3.8, 4) is 0 Å². The Kier molecular flexibility index (Phi) is 6.14. The summed E-state index contributed by atoms with van der Waals surface area (Å²) in [6.45, 7) is 1.18. The molecule has 4 aromatic rings. The number of amides is 1. The normalized spacial score (nSPS) is 11.0. The fourth-order valence-corrected chi connectivity index (χ4v) is 3.83. The SMILES string of the molecule is O=C(NCCn1ncc2c(=O)n(Cc3ccc(Cl)cc3)cnc21)c1ccccc1I. The van der Waals surface area contributed by atoms with Gasteiger partial charge in [0, 0.05) is 15.1 Å². The first-order valence-corrected chi connectivity index (χ1v) is 10.7. The predicted octanol–water partition coefficient (Wildman–Crippen LogP) is 3.33. The molecule has 152 valence electrons. The summed E-state index contributed by atoms with van der Waals surface area (Å²) in [4.78, 5) is 29.5. The average Bonchev–Trinajstić information content (AvgIpc) is 3.15. The number of aromatic nitrogens is 4. The van der Waals surface area contributed by atoms with Gasteiger partial charge < -0.3 is 5.32 Å². The lowest BCUT2D eigenvalue weighted by Gasteiger charge is -2.08. The first-order valence-electron chi connectivity index (χ1n) is 9.21. The summed E-state index contributed by atoms with van der Waals surface area (Å²) < 4.78 is 4.05. The topological polar surface area (TPSA) is 81.8 Å². The van der Waals surface area contributed by atoms with Crippen LogP contribution in [0.5, 0.6) is 0 Å². The van der Waals surface area contributed by atoms with Crippen LogP contribution in [-0.2, 0) is 13.1 Å². The standard InChI is InChI=1S/C21H17ClIN5O2/c22-15-7-5-14(6-8-15)12-27-13-25-19-17(21(27)30)11-26-28(19)10-9-24-20(29)16-3-1-2-4-18(16)23/h1-8,11,13H,9-10,12H2,(H,24,29). The van der Waals surface area contributed by atoms with Crippen molar-refractivity contribution >= 4 is 51.1 Å². The molecule has 2 aromatic heterocycles. The lowest BCUT2D eigenvalue weighted by atomic mass is 10.2. The van der Waals surface area contributed by atoms with Crippen molar-refractivity contribution in [3.05, 3.63) is 91.1 Å². The number of benzene rings is 2. The van der Waals surface area contributed by atoms with Gasteiger partial charge in [-0.05, 0) is 52.4 Å². The number of carbonyl (C=O) groups excluding carboxylic acids is 1. The van der Waals surface area contributed by atoms with Crippen molar-refractivity contribution < 1.29 is 4.79 Å². The van der Waals surface area contributed by atoms with Crippen molar-refractivity contribution in [3.63, 3.8) is 0 Å². The summed E-state index contributed by atoms with van der Waals surface area (Å²) in [6.07, 6.45) is 3.04. The molecule has 30 heavy (non-hydrogen) atoms. The molecular formula is C21H17ClIN5O2. The van der Waals surface area contributed by atoms with Gasteiger partial charge in [0.25, 0.3) is 11.5 Å². The zero-order valence-electron chi connectivity index (χ0n) is 15.8. The Hall–Kier alpha value is -2.72. The summed E-state index contributed by atoms with van der Waals surface area (Å²) in [5.41, 5.74) is 1.92. The van der Waals surface area contributed by atoms with Crippen LogP contribution in [0.4, 0.5) is 0 Å². The summed E-state index contributed by atoms with van der Waals surface area (Å²) in [6, 6.07) is 14.7. The molecule has 0 unspecified atom stereocenters. The summed E-state index contributed by atoms with van der Waals surface area (Å²) >= 11 is 8.05. The van der Waals surface area contributed by atoms with Crippen LogP contribution in [0.2, 0.25) is 5.02 Å². The molecule has 9 heteroatoms. The van der Waals surface area contributed by atoms with Gasteiger partial charge in [-0.1, -0.05) is 35.9 Å². The maximum Gasteiger partial charge on any atom is 0.264 e. The van der Waals surface area contributed by atoms with Crippen LogP contribution >= 0.6 is 34.2 Å². The molecule has 7 nitrogen and oxygen atoms in total. The summed E-state index contributed by atoms with van der Waals surface area (Å²) in [5.74, 6) is -0.144. The Labute approximate surface area is 190 Å². The van der Waals surface area contributed by atoms with Gasteiger partial charge in [-0.25, -0.2) is 9.67 Å². The van der Waals surface area contributed by atoms with Crippen molar-refractivity contribution in [2.24, 2.45) is 0 Å². The third-order valence-electron chi connectivity index (χ3n) is 4.62. The van der Waals surface area contributed by atoms with Gasteiger partial charge in [-0.3, -0.25) is 14.2 Å². The van der Waals surface area contributed by atoms with Gasteiger partial charge in [-0.15, -0.1) is 0 Å². The van der Waals surface area contributed by atoms with E-state index in [4.69, 9.17) is 11.6 Å². The van der Waals surface area contributed by atoms with E-state index in [1.807, 2.05) is 30.3 Å². The van der Waals surface area contributed by atoms with Gasteiger partial charge in [0.2, 0.25) is 0 Å². The number of halogens is 2. The van der Waals surface area contributed by atoms with E-state index in [9.17, 15) is 9.59 Å². The number of nitrogens with one attached hydrogen (secondary N) is 1. The lowest BCUT2D eigenvalue weighted by Crippen LogP contribution is -2.28. The highest BCUT2D eigenvalue weighted by Gasteiger charge is 2.12. The zero-order chi connectivity index (χ0) is 21.1. The van der Waals surface area contributed by atoms with Crippen molar-refractivity contribution in [2.45, 2.75) is 13.1 Å². The smallest absolute Gasteiger partial charge is 0.264 e. The third-order valence-corrected chi connectivity index (χ3v) is 5.81. The molecule has 0 saturated carbocycles. The van der Waals surface area contributed by atoms with Gasteiger partial charge in [0.15, 0.2) is 5.65 Å². The second-order valence-corrected chi connectivity index (χ2v) is 8.24. The van der Waals surface area contributed by atoms with E-state index >= 15 is 0 Å². The zero-order valence-corrected chi connectivity index (χ0v) is 18.7. The first-order chi connectivity index (χ1) is 14.5. The predicted molar refractivity (Wildman–Crippen MR) is 124 cm³/mol. The van der Waals surface area contributed by atoms with E-state index in [0.717, 1.165) is 9.13 Å². The molecule has 1 amide bonds. The molecule has 2 heterocycles. The summed E-state index contributed by atoms with van der Waals surface area (Å²) in [7, 11) is 0. The molecule has 2 aromatic carbocycles. The van der Waals surface area contributed by atoms with Crippen molar-refractivity contribution in [1.82, 2.24) is 24.6 Å². The highest BCUT2D eigenvalue weighted by atomic mass is 127. The Morgan fingerprint density at radius 1 is 1.13 bits per heavy atom. The van der Waals surface area contributed by atoms with Gasteiger partial charge in [-0.2, -0.15) is 5.10 Å². The Morgan fingerprint density at radius 3 is 2.67 bits per heavy atom. The molecule has 1 N–H and O–H groups in total. The van der Waals surface area contributed by atoms with E-state index in [1.54, 1.807) is 22.9 Å². The maximum absolute atomic E-state index is 12.8. The quantitative estimate of drug-likeness (QED) is 0.386. The monoisotopic (exact) mass is 533 g/mol. The fraction of sp³-hybridized carbons (Fsp3) is 0.143. The molecule has 0 aliphatic heterocycles. The molecular weight excluding hydrogens is 517 g/mol. The second-order valence-electron chi connectivity index (χ2n) is 6.64. The Bertz CT molecular complexity index is 1270. The van der Waals surface area contributed by atoms with Crippen LogP contribution in [0, 0.1) is 3.57 Å². The number of rotatable bonds is 6.